The van der Waals surface area contributed by atoms with E-state index in [-0.39, 0.29) is 0 Å². The maximum absolute atomic E-state index is 9.13. The number of phenolic OH excluding ortho intramolecular Hbond substituents is 1. The molecule has 0 unspecified atom stereocenters. The fourth-order valence-corrected chi connectivity index (χ4v) is 1.78. The van der Waals surface area contributed by atoms with Crippen LogP contribution in [0.1, 0.15) is 0 Å². The Bertz CT molecular complexity index is 286. The molecule has 0 aliphatic heterocycles. The van der Waals surface area contributed by atoms with E-state index in [9.17, 15) is 0 Å². The number of benzene rings is 1. The minimum absolute atomic E-state index is 0.306. The van der Waals surface area contributed by atoms with Crippen LogP contribution in [0.25, 0.3) is 0 Å². The Kier molecular flexibility index (Phi) is 3.69. The van der Waals surface area contributed by atoms with Gasteiger partial charge in [0, 0.05) is 10.6 Å². The van der Waals surface area contributed by atoms with Gasteiger partial charge >= 0.3 is 0 Å². The van der Waals surface area contributed by atoms with E-state index in [0.29, 0.717) is 5.75 Å². The van der Waals surface area contributed by atoms with Crippen LogP contribution in [-0.2, 0) is 0 Å². The van der Waals surface area contributed by atoms with E-state index in [2.05, 4.69) is 22.5 Å². The van der Waals surface area contributed by atoms with Gasteiger partial charge in [-0.15, -0.1) is 11.8 Å². The third-order valence-corrected chi connectivity index (χ3v) is 2.94. The number of halogens is 1. The Morgan fingerprint density at radius 1 is 1.58 bits per heavy atom. The first-order valence-corrected chi connectivity index (χ1v) is 5.21. The molecule has 0 saturated carbocycles. The highest BCUT2D eigenvalue weighted by atomic mass is 79.9. The molecule has 1 rings (SSSR count). The molecular formula is C9H9BrOS. The Labute approximate surface area is 84.6 Å². The van der Waals surface area contributed by atoms with Crippen molar-refractivity contribution in [3.8, 4) is 5.75 Å². The van der Waals surface area contributed by atoms with Gasteiger partial charge in [-0.1, -0.05) is 28.6 Å². The fourth-order valence-electron chi connectivity index (χ4n) is 0.735. The number of hydrogen-bond donors (Lipinski definition) is 1. The number of phenols is 1. The predicted molar refractivity (Wildman–Crippen MR) is 56.9 cm³/mol. The molecule has 0 aliphatic carbocycles. The molecule has 0 radical (unpaired) electrons. The first-order valence-electron chi connectivity index (χ1n) is 3.43. The molecule has 1 aromatic carbocycles. The zero-order valence-corrected chi connectivity index (χ0v) is 8.86. The zero-order chi connectivity index (χ0) is 8.97. The molecule has 0 aliphatic rings. The van der Waals surface area contributed by atoms with Gasteiger partial charge in [0.05, 0.1) is 0 Å². The highest BCUT2D eigenvalue weighted by molar-refractivity contribution is 9.11. The van der Waals surface area contributed by atoms with E-state index in [4.69, 9.17) is 5.11 Å². The molecule has 12 heavy (non-hydrogen) atoms. The van der Waals surface area contributed by atoms with Crippen molar-refractivity contribution in [2.75, 3.05) is 5.75 Å². The van der Waals surface area contributed by atoms with E-state index in [1.807, 2.05) is 12.1 Å². The van der Waals surface area contributed by atoms with Crippen molar-refractivity contribution in [1.29, 1.82) is 0 Å². The van der Waals surface area contributed by atoms with Crippen LogP contribution in [0.4, 0.5) is 0 Å². The van der Waals surface area contributed by atoms with Gasteiger partial charge in [-0.05, 0) is 22.7 Å². The average Bonchev–Trinajstić information content (AvgIpc) is 2.01. The van der Waals surface area contributed by atoms with Crippen molar-refractivity contribution in [1.82, 2.24) is 0 Å². The van der Waals surface area contributed by atoms with Gasteiger partial charge < -0.3 is 5.11 Å². The van der Waals surface area contributed by atoms with Crippen LogP contribution in [0, 0.1) is 0 Å². The van der Waals surface area contributed by atoms with Crippen molar-refractivity contribution in [2.45, 2.75) is 4.90 Å². The van der Waals surface area contributed by atoms with Crippen molar-refractivity contribution in [2.24, 2.45) is 0 Å². The smallest absolute Gasteiger partial charge is 0.116 e. The summed E-state index contributed by atoms with van der Waals surface area (Å²) < 4.78 is 0.954. The van der Waals surface area contributed by atoms with Crippen LogP contribution in [0.5, 0.6) is 5.75 Å². The highest BCUT2D eigenvalue weighted by Crippen LogP contribution is 2.24. The molecule has 0 bridgehead atoms. The van der Waals surface area contributed by atoms with Crippen LogP contribution < -0.4 is 0 Å². The summed E-state index contributed by atoms with van der Waals surface area (Å²) in [5, 5.41) is 9.13. The van der Waals surface area contributed by atoms with Gasteiger partial charge in [0.15, 0.2) is 0 Å². The highest BCUT2D eigenvalue weighted by Gasteiger charge is 1.95. The maximum atomic E-state index is 9.13. The molecule has 0 amide bonds. The van der Waals surface area contributed by atoms with Gasteiger partial charge in [-0.25, -0.2) is 0 Å². The van der Waals surface area contributed by atoms with E-state index in [0.717, 1.165) is 15.1 Å². The molecule has 3 heteroatoms. The molecule has 0 saturated heterocycles. The van der Waals surface area contributed by atoms with E-state index in [1.165, 1.54) is 0 Å². The summed E-state index contributed by atoms with van der Waals surface area (Å²) in [5.41, 5.74) is 0. The first kappa shape index (κ1) is 9.68. The van der Waals surface area contributed by atoms with Gasteiger partial charge in [0.1, 0.15) is 5.75 Å². The minimum Gasteiger partial charge on any atom is -0.508 e. The molecule has 1 nitrogen and oxygen atoms in total. The van der Waals surface area contributed by atoms with E-state index < -0.39 is 0 Å². The maximum Gasteiger partial charge on any atom is 0.116 e. The third-order valence-electron chi connectivity index (χ3n) is 1.21. The summed E-state index contributed by atoms with van der Waals surface area (Å²) >= 11 is 4.91. The molecule has 0 aromatic heterocycles. The Hall–Kier alpha value is -0.410. The standard InChI is InChI=1S/C9H9BrOS/c1-7(10)6-12-9-4-2-3-8(11)5-9/h2-5,11H,1,6H2. The minimum atomic E-state index is 0.306. The third kappa shape index (κ3) is 3.32. The molecule has 0 heterocycles. The normalized spacial score (nSPS) is 9.75. The van der Waals surface area contributed by atoms with Crippen LogP contribution >= 0.6 is 27.7 Å². The Morgan fingerprint density at radius 2 is 2.33 bits per heavy atom. The van der Waals surface area contributed by atoms with E-state index in [1.54, 1.807) is 23.9 Å². The zero-order valence-electron chi connectivity index (χ0n) is 6.46. The van der Waals surface area contributed by atoms with E-state index >= 15 is 0 Å². The SMILES string of the molecule is C=C(Br)CSc1cccc(O)c1. The van der Waals surface area contributed by atoms with Crippen LogP contribution in [0.3, 0.4) is 0 Å². The molecular weight excluding hydrogens is 236 g/mol. The quantitative estimate of drug-likeness (QED) is 0.823. The first-order chi connectivity index (χ1) is 5.68. The lowest BCUT2D eigenvalue weighted by molar-refractivity contribution is 0.474. The largest absolute Gasteiger partial charge is 0.508 e. The second-order valence-electron chi connectivity index (χ2n) is 2.30. The molecule has 0 spiro atoms. The van der Waals surface area contributed by atoms with Crippen molar-refractivity contribution in [3.63, 3.8) is 0 Å². The second-order valence-corrected chi connectivity index (χ2v) is 4.47. The molecule has 0 atom stereocenters. The molecule has 1 aromatic rings. The molecule has 64 valence electrons. The summed E-state index contributed by atoms with van der Waals surface area (Å²) in [6.45, 7) is 3.73. The summed E-state index contributed by atoms with van der Waals surface area (Å²) in [4.78, 5) is 1.05. The summed E-state index contributed by atoms with van der Waals surface area (Å²) in [5.74, 6) is 1.13. The molecule has 0 fully saturated rings. The van der Waals surface area contributed by atoms with Crippen LogP contribution in [0.15, 0.2) is 40.2 Å². The van der Waals surface area contributed by atoms with Crippen molar-refractivity contribution in [3.05, 3.63) is 35.3 Å². The Morgan fingerprint density at radius 3 is 2.92 bits per heavy atom. The van der Waals surface area contributed by atoms with Gasteiger partial charge in [0.25, 0.3) is 0 Å². The summed E-state index contributed by atoms with van der Waals surface area (Å²) in [6.07, 6.45) is 0. The Balaban J connectivity index is 2.57. The monoisotopic (exact) mass is 244 g/mol. The lowest BCUT2D eigenvalue weighted by atomic mass is 10.3. The number of aromatic hydroxyl groups is 1. The molecule has 1 N–H and O–H groups in total. The lowest BCUT2D eigenvalue weighted by Gasteiger charge is -1.99. The van der Waals surface area contributed by atoms with Crippen LogP contribution in [-0.4, -0.2) is 10.9 Å². The van der Waals surface area contributed by atoms with Gasteiger partial charge in [-0.2, -0.15) is 0 Å². The van der Waals surface area contributed by atoms with Gasteiger partial charge in [-0.3, -0.25) is 0 Å². The average molecular weight is 245 g/mol. The fraction of sp³-hybridized carbons (Fsp3) is 0.111. The van der Waals surface area contributed by atoms with Gasteiger partial charge in [0.2, 0.25) is 0 Å². The second kappa shape index (κ2) is 4.58. The summed E-state index contributed by atoms with van der Waals surface area (Å²) in [6, 6.07) is 7.18. The summed E-state index contributed by atoms with van der Waals surface area (Å²) in [7, 11) is 0. The predicted octanol–water partition coefficient (Wildman–Crippen LogP) is 3.39. The van der Waals surface area contributed by atoms with Crippen LogP contribution in [0.2, 0.25) is 0 Å². The number of thioether (sulfide) groups is 1. The number of rotatable bonds is 3. The lowest BCUT2D eigenvalue weighted by Crippen LogP contribution is -1.76. The topological polar surface area (TPSA) is 20.2 Å². The van der Waals surface area contributed by atoms with Crippen molar-refractivity contribution >= 4 is 27.7 Å². The van der Waals surface area contributed by atoms with Crippen molar-refractivity contribution < 1.29 is 5.11 Å². The number of hydrogen-bond acceptors (Lipinski definition) is 2.